The van der Waals surface area contributed by atoms with E-state index in [4.69, 9.17) is 0 Å². The van der Waals surface area contributed by atoms with Crippen LogP contribution in [-0.4, -0.2) is 60.6 Å². The van der Waals surface area contributed by atoms with Gasteiger partial charge in [0.05, 0.1) is 22.2 Å². The zero-order valence-electron chi connectivity index (χ0n) is 19.7. The van der Waals surface area contributed by atoms with E-state index >= 15 is 0 Å². The Hall–Kier alpha value is -1.72. The average Bonchev–Trinajstić information content (AvgIpc) is 3.35. The standard InChI is InChI=1S/C23H28IN4O5S.Re/c1-12-18(34-11-26-12)13-5-6-14(17(30)7-13)9-25-20(31)16-8-15(29)10-28(16)21(32)19(23(2,3)4)27-22(24)33;/h5-7,9,11,15-16,19,29-30H,8,10H2,1-4H3,(H,25,31)(H,27,33);/q-1;. The van der Waals surface area contributed by atoms with E-state index < -0.39 is 35.4 Å². The number of aliphatic hydroxyl groups excluding tert-OH is 1. The van der Waals surface area contributed by atoms with Crippen molar-refractivity contribution >= 4 is 49.7 Å². The second-order valence-electron chi connectivity index (χ2n) is 9.31. The van der Waals surface area contributed by atoms with E-state index in [0.29, 0.717) is 5.56 Å². The summed E-state index contributed by atoms with van der Waals surface area (Å²) in [6.07, 6.45) is -0.776. The fraction of sp³-hybridized carbons (Fsp3) is 0.435. The number of nitrogens with one attached hydrogen (secondary N) is 2. The first-order valence-electron chi connectivity index (χ1n) is 10.7. The molecule has 0 saturated carbocycles. The van der Waals surface area contributed by atoms with Crippen LogP contribution in [0, 0.1) is 18.9 Å². The number of carbonyl (C=O) groups is 3. The molecule has 1 aromatic heterocycles. The van der Waals surface area contributed by atoms with Crippen molar-refractivity contribution in [3.63, 3.8) is 0 Å². The number of β-amino-alcohol motifs (C(OH)–C–C–N with tert-alkyl or cyclic N) is 1. The molecule has 1 fully saturated rings. The van der Waals surface area contributed by atoms with Gasteiger partial charge in [0.1, 0.15) is 12.1 Å². The van der Waals surface area contributed by atoms with Crippen LogP contribution in [0.2, 0.25) is 0 Å². The molecule has 4 N–H and O–H groups in total. The normalized spacial score (nSPS) is 18.4. The first-order chi connectivity index (χ1) is 15.9. The van der Waals surface area contributed by atoms with Gasteiger partial charge in [0.25, 0.3) is 3.91 Å². The van der Waals surface area contributed by atoms with Crippen LogP contribution < -0.4 is 10.6 Å². The van der Waals surface area contributed by atoms with Crippen LogP contribution in [0.25, 0.3) is 10.4 Å². The van der Waals surface area contributed by atoms with E-state index in [9.17, 15) is 24.6 Å². The predicted molar refractivity (Wildman–Crippen MR) is 137 cm³/mol. The summed E-state index contributed by atoms with van der Waals surface area (Å²) < 4.78 is -0.382. The molecular weight excluding hydrogens is 757 g/mol. The molecule has 1 aromatic carbocycles. The Kier molecular flexibility index (Phi) is 10.1. The summed E-state index contributed by atoms with van der Waals surface area (Å²) in [5.41, 5.74) is 3.23. The molecule has 1 saturated heterocycles. The number of benzene rings is 1. The third-order valence-electron chi connectivity index (χ3n) is 5.64. The molecule has 3 rings (SSSR count). The summed E-state index contributed by atoms with van der Waals surface area (Å²) in [6, 6.07) is 3.36. The molecule has 1 aliphatic rings. The summed E-state index contributed by atoms with van der Waals surface area (Å²) in [5, 5.41) is 25.9. The van der Waals surface area contributed by atoms with Crippen LogP contribution in [0.3, 0.4) is 0 Å². The Bertz CT molecular complexity index is 1090. The van der Waals surface area contributed by atoms with Gasteiger partial charge in [-0.1, -0.05) is 33.4 Å². The zero-order chi connectivity index (χ0) is 25.2. The second-order valence-corrected chi connectivity index (χ2v) is 11.1. The van der Waals surface area contributed by atoms with Gasteiger partial charge in [-0.2, -0.15) is 6.07 Å². The van der Waals surface area contributed by atoms with Gasteiger partial charge in [-0.15, -0.1) is 23.0 Å². The van der Waals surface area contributed by atoms with Crippen LogP contribution in [0.1, 0.15) is 38.4 Å². The number of aliphatic hydroxyl groups is 1. The summed E-state index contributed by atoms with van der Waals surface area (Å²) in [7, 11) is 0. The molecule has 3 amide bonds. The molecule has 1 aliphatic heterocycles. The number of phenols is 1. The molecule has 2 aromatic rings. The van der Waals surface area contributed by atoms with E-state index in [1.807, 2.05) is 33.8 Å². The number of hydrogen-bond donors (Lipinski definition) is 4. The molecule has 0 bridgehead atoms. The van der Waals surface area contributed by atoms with Crippen molar-refractivity contribution in [2.75, 3.05) is 6.54 Å². The van der Waals surface area contributed by atoms with Crippen molar-refractivity contribution in [1.82, 2.24) is 20.5 Å². The Balaban J connectivity index is 0.00000432. The van der Waals surface area contributed by atoms with Crippen LogP contribution in [-0.2, 0) is 30.0 Å². The van der Waals surface area contributed by atoms with Crippen molar-refractivity contribution in [2.45, 2.75) is 52.3 Å². The predicted octanol–water partition coefficient (Wildman–Crippen LogP) is 2.97. The number of nitrogens with zero attached hydrogens (tertiary/aromatic N) is 2. The summed E-state index contributed by atoms with van der Waals surface area (Å²) >= 11 is 3.04. The molecular formula is C23H28IN4O5ReS-. The van der Waals surface area contributed by atoms with Crippen molar-refractivity contribution in [2.24, 2.45) is 5.41 Å². The molecule has 35 heavy (non-hydrogen) atoms. The fourth-order valence-corrected chi connectivity index (χ4v) is 4.98. The number of aromatic nitrogens is 1. The maximum atomic E-state index is 13.3. The minimum atomic E-state index is -0.907. The van der Waals surface area contributed by atoms with Gasteiger partial charge in [0, 0.05) is 61.7 Å². The van der Waals surface area contributed by atoms with Crippen molar-refractivity contribution in [1.29, 1.82) is 0 Å². The monoisotopic (exact) mass is 786 g/mol. The Morgan fingerprint density at radius 3 is 2.54 bits per heavy atom. The van der Waals surface area contributed by atoms with Crippen LogP contribution in [0.15, 0.2) is 23.7 Å². The third-order valence-corrected chi connectivity index (χ3v) is 6.93. The fourth-order valence-electron chi connectivity index (χ4n) is 3.86. The average molecular weight is 786 g/mol. The largest absolute Gasteiger partial charge is 0.565 e. The van der Waals surface area contributed by atoms with E-state index in [-0.39, 0.29) is 43.1 Å². The van der Waals surface area contributed by atoms with Crippen LogP contribution >= 0.6 is 33.9 Å². The Labute approximate surface area is 235 Å². The molecule has 3 unspecified atom stereocenters. The van der Waals surface area contributed by atoms with E-state index in [2.05, 4.69) is 15.6 Å². The van der Waals surface area contributed by atoms with Crippen LogP contribution in [0.4, 0.5) is 4.79 Å². The quantitative estimate of drug-likeness (QED) is 0.154. The number of carbonyl (C=O) groups excluding carboxylic acids is 3. The molecule has 3 atom stereocenters. The number of amides is 3. The number of aryl methyl sites for hydroxylation is 1. The summed E-state index contributed by atoms with van der Waals surface area (Å²) in [6.45, 7) is 8.71. The maximum absolute atomic E-state index is 13.3. The van der Waals surface area contributed by atoms with Gasteiger partial charge in [0.15, 0.2) is 0 Å². The summed E-state index contributed by atoms with van der Waals surface area (Å²) in [5.74, 6) is -0.927. The van der Waals surface area contributed by atoms with Gasteiger partial charge in [-0.3, -0.25) is 14.4 Å². The smallest absolute Gasteiger partial charge is 0.281 e. The van der Waals surface area contributed by atoms with E-state index in [1.165, 1.54) is 22.8 Å². The first kappa shape index (κ1) is 29.5. The molecule has 191 valence electrons. The second kappa shape index (κ2) is 12.0. The molecule has 0 spiro atoms. The minimum Gasteiger partial charge on any atom is -0.565 e. The topological polar surface area (TPSA) is 132 Å². The summed E-state index contributed by atoms with van der Waals surface area (Å²) in [4.78, 5) is 44.3. The number of likely N-dealkylation sites (tertiary alicyclic amines) is 1. The maximum Gasteiger partial charge on any atom is 0.281 e. The number of phenolic OH excluding ortho intramolecular Hbond substituents is 1. The SMILES string of the molecule is Cc1ncsc1-c1ccc([CH-]NC(=O)C2CC(O)CN2C(=O)C(NC(=O)I)C(C)(C)C)c(O)c1.[Re]. The molecule has 12 heteroatoms. The number of aromatic hydroxyl groups is 1. The van der Waals surface area contributed by atoms with E-state index in [0.717, 1.165) is 16.1 Å². The number of rotatable bonds is 6. The van der Waals surface area contributed by atoms with Gasteiger partial charge in [0.2, 0.25) is 11.8 Å². The van der Waals surface area contributed by atoms with Crippen LogP contribution in [0.5, 0.6) is 5.75 Å². The minimum absolute atomic E-state index is 0. The number of thiazole rings is 1. The van der Waals surface area contributed by atoms with Gasteiger partial charge in [-0.25, -0.2) is 4.98 Å². The number of hydrogen-bond acceptors (Lipinski definition) is 7. The van der Waals surface area contributed by atoms with E-state index in [1.54, 1.807) is 40.2 Å². The molecule has 2 heterocycles. The number of halogens is 1. The van der Waals surface area contributed by atoms with Gasteiger partial charge in [-0.05, 0) is 17.9 Å². The zero-order valence-corrected chi connectivity index (χ0v) is 25.4. The molecule has 9 nitrogen and oxygen atoms in total. The van der Waals surface area contributed by atoms with Crippen molar-refractivity contribution < 1.29 is 45.0 Å². The Morgan fingerprint density at radius 2 is 2.00 bits per heavy atom. The van der Waals surface area contributed by atoms with Gasteiger partial charge >= 0.3 is 0 Å². The molecule has 1 radical (unpaired) electrons. The van der Waals surface area contributed by atoms with Crippen molar-refractivity contribution in [3.8, 4) is 16.2 Å². The Morgan fingerprint density at radius 1 is 1.31 bits per heavy atom. The third kappa shape index (κ3) is 7.16. The van der Waals surface area contributed by atoms with Crippen molar-refractivity contribution in [3.05, 3.63) is 41.5 Å². The van der Waals surface area contributed by atoms with Gasteiger partial charge < -0.3 is 25.7 Å². The molecule has 0 aliphatic carbocycles. The first-order valence-corrected chi connectivity index (χ1v) is 12.7.